The Morgan fingerprint density at radius 3 is 2.49 bits per heavy atom. The summed E-state index contributed by atoms with van der Waals surface area (Å²) >= 11 is 0. The smallest absolute Gasteiger partial charge is 0.295 e. The summed E-state index contributed by atoms with van der Waals surface area (Å²) in [5.41, 5.74) is 3.06. The molecule has 1 fully saturated rings. The molecular weight excluding hydrogens is 464 g/mol. The first-order valence-electron chi connectivity index (χ1n) is 12.1. The number of phenols is 1. The molecule has 1 unspecified atom stereocenters. The number of hydrogen-bond donors (Lipinski definition) is 3. The lowest BCUT2D eigenvalue weighted by Gasteiger charge is -2.25. The van der Waals surface area contributed by atoms with Gasteiger partial charge in [-0.05, 0) is 52.6 Å². The number of aromatic nitrogens is 1. The van der Waals surface area contributed by atoms with Crippen LogP contribution in [-0.4, -0.2) is 38.3 Å². The van der Waals surface area contributed by atoms with Gasteiger partial charge in [-0.15, -0.1) is 0 Å². The summed E-state index contributed by atoms with van der Waals surface area (Å²) in [4.78, 5) is 31.4. The van der Waals surface area contributed by atoms with Gasteiger partial charge in [-0.2, -0.15) is 0 Å². The van der Waals surface area contributed by atoms with E-state index >= 15 is 0 Å². The maximum atomic E-state index is 13.4. The number of carbonyl (C=O) groups is 2. The van der Waals surface area contributed by atoms with Crippen LogP contribution < -0.4 is 0 Å². The molecule has 1 aromatic heterocycles. The van der Waals surface area contributed by atoms with E-state index in [0.717, 1.165) is 27.2 Å². The molecular formula is C31H24N2O4. The first-order chi connectivity index (χ1) is 18.0. The van der Waals surface area contributed by atoms with Crippen LogP contribution in [0.1, 0.15) is 22.7 Å². The predicted octanol–water partition coefficient (Wildman–Crippen LogP) is 5.69. The summed E-state index contributed by atoms with van der Waals surface area (Å²) in [6.45, 7) is 0.265. The van der Waals surface area contributed by atoms with Gasteiger partial charge in [0.1, 0.15) is 11.5 Å². The maximum Gasteiger partial charge on any atom is 0.295 e. The summed E-state index contributed by atoms with van der Waals surface area (Å²) in [6.07, 6.45) is 2.43. The van der Waals surface area contributed by atoms with Gasteiger partial charge in [-0.25, -0.2) is 0 Å². The Morgan fingerprint density at radius 2 is 1.65 bits per heavy atom. The van der Waals surface area contributed by atoms with Crippen molar-refractivity contribution in [2.45, 2.75) is 12.5 Å². The zero-order valence-electron chi connectivity index (χ0n) is 19.9. The van der Waals surface area contributed by atoms with Crippen LogP contribution in [0.3, 0.4) is 0 Å². The molecule has 1 atom stereocenters. The summed E-state index contributed by atoms with van der Waals surface area (Å²) in [5, 5.41) is 24.5. The summed E-state index contributed by atoms with van der Waals surface area (Å²) in [5.74, 6) is -1.62. The molecule has 0 aliphatic carbocycles. The van der Waals surface area contributed by atoms with E-state index in [1.165, 1.54) is 17.0 Å². The van der Waals surface area contributed by atoms with Crippen LogP contribution in [0.5, 0.6) is 5.75 Å². The van der Waals surface area contributed by atoms with E-state index in [1.54, 1.807) is 18.2 Å². The second-order valence-corrected chi connectivity index (χ2v) is 9.26. The SMILES string of the molecule is O=C1C(=O)N(CCc2c[nH]c3ccccc23)C(c2cccc(O)c2)/C1=C(/O)c1ccc2ccccc2c1. The van der Waals surface area contributed by atoms with Gasteiger partial charge in [-0.1, -0.05) is 66.7 Å². The number of aromatic amines is 1. The molecule has 3 N–H and O–H groups in total. The Morgan fingerprint density at radius 1 is 0.865 bits per heavy atom. The first-order valence-corrected chi connectivity index (χ1v) is 12.1. The maximum absolute atomic E-state index is 13.4. The van der Waals surface area contributed by atoms with Crippen LogP contribution >= 0.6 is 0 Å². The molecule has 1 saturated heterocycles. The van der Waals surface area contributed by atoms with Crippen molar-refractivity contribution in [1.29, 1.82) is 0 Å². The van der Waals surface area contributed by atoms with E-state index in [2.05, 4.69) is 4.98 Å². The highest BCUT2D eigenvalue weighted by Crippen LogP contribution is 2.40. The van der Waals surface area contributed by atoms with Crippen LogP contribution in [0.4, 0.5) is 0 Å². The number of likely N-dealkylation sites (tertiary alicyclic amines) is 1. The molecule has 1 aliphatic rings. The van der Waals surface area contributed by atoms with Crippen molar-refractivity contribution in [3.63, 3.8) is 0 Å². The summed E-state index contributed by atoms with van der Waals surface area (Å²) in [6, 6.07) is 26.7. The first kappa shape index (κ1) is 22.6. The number of hydrogen-bond acceptors (Lipinski definition) is 4. The van der Waals surface area contributed by atoms with Crippen molar-refractivity contribution >= 4 is 39.1 Å². The second-order valence-electron chi connectivity index (χ2n) is 9.26. The monoisotopic (exact) mass is 488 g/mol. The van der Waals surface area contributed by atoms with Crippen LogP contribution in [-0.2, 0) is 16.0 Å². The lowest BCUT2D eigenvalue weighted by molar-refractivity contribution is -0.139. The lowest BCUT2D eigenvalue weighted by atomic mass is 9.94. The number of nitrogens with one attached hydrogen (secondary N) is 1. The van der Waals surface area contributed by atoms with Gasteiger partial charge in [0.25, 0.3) is 11.7 Å². The molecule has 1 amide bonds. The van der Waals surface area contributed by atoms with Crippen LogP contribution in [0.2, 0.25) is 0 Å². The van der Waals surface area contributed by atoms with Crippen molar-refractivity contribution < 1.29 is 19.8 Å². The third-order valence-electron chi connectivity index (χ3n) is 7.05. The van der Waals surface area contributed by atoms with Gasteiger partial charge in [0.05, 0.1) is 11.6 Å². The number of aromatic hydroxyl groups is 1. The van der Waals surface area contributed by atoms with Gasteiger partial charge in [0.2, 0.25) is 0 Å². The number of Topliss-reactive ketones (excluding diaryl/α,β-unsaturated/α-hetero) is 1. The lowest BCUT2D eigenvalue weighted by Crippen LogP contribution is -2.31. The molecule has 0 bridgehead atoms. The molecule has 0 spiro atoms. The fourth-order valence-corrected chi connectivity index (χ4v) is 5.22. The van der Waals surface area contributed by atoms with Crippen LogP contribution in [0, 0.1) is 0 Å². The highest BCUT2D eigenvalue weighted by atomic mass is 16.3. The minimum Gasteiger partial charge on any atom is -0.508 e. The molecule has 4 aromatic carbocycles. The Balaban J connectivity index is 1.44. The van der Waals surface area contributed by atoms with E-state index in [1.807, 2.05) is 66.9 Å². The molecule has 182 valence electrons. The van der Waals surface area contributed by atoms with E-state index < -0.39 is 17.7 Å². The number of nitrogens with zero attached hydrogens (tertiary/aromatic N) is 1. The van der Waals surface area contributed by atoms with E-state index in [9.17, 15) is 19.8 Å². The predicted molar refractivity (Wildman–Crippen MR) is 143 cm³/mol. The van der Waals surface area contributed by atoms with Crippen molar-refractivity contribution in [2.24, 2.45) is 0 Å². The van der Waals surface area contributed by atoms with Gasteiger partial charge < -0.3 is 20.1 Å². The number of carbonyl (C=O) groups excluding carboxylic acids is 2. The zero-order valence-corrected chi connectivity index (χ0v) is 19.9. The minimum absolute atomic E-state index is 0.0183. The molecule has 0 saturated carbocycles. The summed E-state index contributed by atoms with van der Waals surface area (Å²) < 4.78 is 0. The molecule has 6 nitrogen and oxygen atoms in total. The van der Waals surface area contributed by atoms with E-state index in [0.29, 0.717) is 17.5 Å². The molecule has 1 aliphatic heterocycles. The number of para-hydroxylation sites is 1. The normalized spacial score (nSPS) is 17.2. The number of phenolic OH excluding ortho intramolecular Hbond substituents is 1. The van der Waals surface area contributed by atoms with E-state index in [4.69, 9.17) is 0 Å². The number of aliphatic hydroxyl groups is 1. The Kier molecular flexibility index (Phi) is 5.49. The highest BCUT2D eigenvalue weighted by Gasteiger charge is 2.46. The van der Waals surface area contributed by atoms with Gasteiger partial charge in [0.15, 0.2) is 0 Å². The Hall–Kier alpha value is -4.84. The number of aliphatic hydroxyl groups excluding tert-OH is 1. The quantitative estimate of drug-likeness (QED) is 0.168. The third-order valence-corrected chi connectivity index (χ3v) is 7.05. The minimum atomic E-state index is -0.830. The number of fused-ring (bicyclic) bond motifs is 2. The van der Waals surface area contributed by atoms with Gasteiger partial charge >= 0.3 is 0 Å². The molecule has 37 heavy (non-hydrogen) atoms. The van der Waals surface area contributed by atoms with Crippen molar-refractivity contribution in [3.05, 3.63) is 119 Å². The van der Waals surface area contributed by atoms with Gasteiger partial charge in [-0.3, -0.25) is 9.59 Å². The second kappa shape index (κ2) is 8.99. The number of rotatable bonds is 5. The average molecular weight is 489 g/mol. The Labute approximate surface area is 213 Å². The third kappa shape index (κ3) is 3.93. The topological polar surface area (TPSA) is 93.6 Å². The van der Waals surface area contributed by atoms with Gasteiger partial charge in [0, 0.05) is 29.2 Å². The Bertz CT molecular complexity index is 1720. The van der Waals surface area contributed by atoms with Crippen molar-refractivity contribution in [3.8, 4) is 5.75 Å². The standard InChI is InChI=1S/C31H24N2O4/c34-24-9-5-8-21(17-24)28-27(29(35)22-13-12-19-6-1-2-7-20(19)16-22)30(36)31(37)33(28)15-14-23-18-32-26-11-4-3-10-25(23)26/h1-13,16-18,28,32,34-35H,14-15H2/b29-27-. The highest BCUT2D eigenvalue weighted by molar-refractivity contribution is 6.46. The molecule has 6 heteroatoms. The largest absolute Gasteiger partial charge is 0.508 e. The van der Waals surface area contributed by atoms with Crippen LogP contribution in [0.25, 0.3) is 27.4 Å². The molecule has 2 heterocycles. The molecule has 5 aromatic rings. The fourth-order valence-electron chi connectivity index (χ4n) is 5.22. The number of benzene rings is 4. The average Bonchev–Trinajstić information content (AvgIpc) is 3.45. The van der Waals surface area contributed by atoms with Crippen LogP contribution in [0.15, 0.2) is 103 Å². The fraction of sp³-hybridized carbons (Fsp3) is 0.0968. The number of amides is 1. The van der Waals surface area contributed by atoms with Crippen molar-refractivity contribution in [1.82, 2.24) is 9.88 Å². The van der Waals surface area contributed by atoms with Crippen molar-refractivity contribution in [2.75, 3.05) is 6.54 Å². The summed E-state index contributed by atoms with van der Waals surface area (Å²) in [7, 11) is 0. The van der Waals surface area contributed by atoms with E-state index in [-0.39, 0.29) is 23.6 Å². The number of ketones is 1. The molecule has 6 rings (SSSR count). The number of H-pyrrole nitrogens is 1. The molecule has 0 radical (unpaired) electrons. The zero-order chi connectivity index (χ0) is 25.5.